The number of fused-ring (bicyclic) bond motifs is 1. The summed E-state index contributed by atoms with van der Waals surface area (Å²) in [5.41, 5.74) is -0.0272. The molecule has 2 aromatic carbocycles. The van der Waals surface area contributed by atoms with Crippen molar-refractivity contribution in [2.24, 2.45) is 0 Å². The van der Waals surface area contributed by atoms with E-state index < -0.39 is 5.54 Å². The molecule has 0 bridgehead atoms. The Balaban J connectivity index is 2.10. The molecular formula is C17H21NO3. The van der Waals surface area contributed by atoms with Gasteiger partial charge in [-0.2, -0.15) is 0 Å². The van der Waals surface area contributed by atoms with Crippen molar-refractivity contribution in [3.63, 3.8) is 0 Å². The van der Waals surface area contributed by atoms with Crippen LogP contribution in [-0.2, 0) is 11.2 Å². The number of nitrogens with one attached hydrogen (secondary N) is 1. The normalized spacial score (nSPS) is 11.6. The van der Waals surface area contributed by atoms with E-state index in [0.717, 1.165) is 16.3 Å². The van der Waals surface area contributed by atoms with E-state index in [4.69, 9.17) is 0 Å². The number of hydrogen-bond donors (Lipinski definition) is 3. The van der Waals surface area contributed by atoms with Crippen molar-refractivity contribution in [1.29, 1.82) is 0 Å². The SMILES string of the molecule is CCC(CO)(CO)NC(=O)Cc1ccc2ccccc2c1. The van der Waals surface area contributed by atoms with Crippen molar-refractivity contribution in [3.8, 4) is 0 Å². The smallest absolute Gasteiger partial charge is 0.225 e. The minimum Gasteiger partial charge on any atom is -0.394 e. The molecule has 0 aliphatic rings. The van der Waals surface area contributed by atoms with E-state index in [1.54, 1.807) is 0 Å². The fraction of sp³-hybridized carbons (Fsp3) is 0.353. The van der Waals surface area contributed by atoms with Crippen LogP contribution in [0.15, 0.2) is 42.5 Å². The molecule has 1 amide bonds. The van der Waals surface area contributed by atoms with Crippen LogP contribution in [0.2, 0.25) is 0 Å². The maximum absolute atomic E-state index is 12.1. The summed E-state index contributed by atoms with van der Waals surface area (Å²) in [6.45, 7) is 1.27. The predicted molar refractivity (Wildman–Crippen MR) is 83.0 cm³/mol. The van der Waals surface area contributed by atoms with E-state index in [0.29, 0.717) is 6.42 Å². The highest BCUT2D eigenvalue weighted by Gasteiger charge is 2.28. The molecule has 2 aromatic rings. The lowest BCUT2D eigenvalue weighted by Crippen LogP contribution is -2.54. The Morgan fingerprint density at radius 1 is 1.10 bits per heavy atom. The standard InChI is InChI=1S/C17H21NO3/c1-2-17(11-19,12-20)18-16(21)10-13-7-8-14-5-3-4-6-15(14)9-13/h3-9,19-20H,2,10-12H2,1H3,(H,18,21). The van der Waals surface area contributed by atoms with Gasteiger partial charge in [-0.3, -0.25) is 4.79 Å². The largest absolute Gasteiger partial charge is 0.394 e. The topological polar surface area (TPSA) is 69.6 Å². The first-order chi connectivity index (χ1) is 10.1. The van der Waals surface area contributed by atoms with Gasteiger partial charge in [-0.25, -0.2) is 0 Å². The van der Waals surface area contributed by atoms with Crippen molar-refractivity contribution >= 4 is 16.7 Å². The first-order valence-electron chi connectivity index (χ1n) is 7.13. The number of carbonyl (C=O) groups is 1. The average Bonchev–Trinajstić information content (AvgIpc) is 2.52. The molecule has 0 saturated carbocycles. The molecule has 0 saturated heterocycles. The van der Waals surface area contributed by atoms with Crippen LogP contribution in [0.25, 0.3) is 10.8 Å². The zero-order valence-electron chi connectivity index (χ0n) is 12.2. The van der Waals surface area contributed by atoms with Gasteiger partial charge >= 0.3 is 0 Å². The molecule has 0 spiro atoms. The van der Waals surface area contributed by atoms with Crippen molar-refractivity contribution in [3.05, 3.63) is 48.0 Å². The molecule has 0 fully saturated rings. The minimum atomic E-state index is -0.937. The van der Waals surface area contributed by atoms with Gasteiger partial charge < -0.3 is 15.5 Å². The summed E-state index contributed by atoms with van der Waals surface area (Å²) in [4.78, 5) is 12.1. The summed E-state index contributed by atoms with van der Waals surface area (Å²) < 4.78 is 0. The van der Waals surface area contributed by atoms with Crippen LogP contribution in [0.3, 0.4) is 0 Å². The second-order valence-corrected chi connectivity index (χ2v) is 5.36. The molecule has 0 atom stereocenters. The predicted octanol–water partition coefficient (Wildman–Crippen LogP) is 1.63. The molecule has 0 aliphatic carbocycles. The van der Waals surface area contributed by atoms with E-state index in [9.17, 15) is 15.0 Å². The first-order valence-corrected chi connectivity index (χ1v) is 7.13. The summed E-state index contributed by atoms with van der Waals surface area (Å²) >= 11 is 0. The summed E-state index contributed by atoms with van der Waals surface area (Å²) in [6.07, 6.45) is 0.704. The summed E-state index contributed by atoms with van der Waals surface area (Å²) in [5, 5.41) is 23.7. The van der Waals surface area contributed by atoms with Gasteiger partial charge in [-0.15, -0.1) is 0 Å². The van der Waals surface area contributed by atoms with E-state index in [-0.39, 0.29) is 25.5 Å². The highest BCUT2D eigenvalue weighted by molar-refractivity contribution is 5.85. The van der Waals surface area contributed by atoms with Crippen LogP contribution < -0.4 is 5.32 Å². The maximum atomic E-state index is 12.1. The van der Waals surface area contributed by atoms with Gasteiger partial charge in [0.1, 0.15) is 0 Å². The number of amides is 1. The van der Waals surface area contributed by atoms with Crippen molar-refractivity contribution in [2.75, 3.05) is 13.2 Å². The number of aliphatic hydroxyl groups excluding tert-OH is 2. The van der Waals surface area contributed by atoms with Crippen LogP contribution in [0.4, 0.5) is 0 Å². The molecule has 2 rings (SSSR count). The van der Waals surface area contributed by atoms with Crippen LogP contribution in [0.5, 0.6) is 0 Å². The summed E-state index contributed by atoms with van der Waals surface area (Å²) in [6, 6.07) is 13.9. The quantitative estimate of drug-likeness (QED) is 0.756. The summed E-state index contributed by atoms with van der Waals surface area (Å²) in [7, 11) is 0. The Hall–Kier alpha value is -1.91. The minimum absolute atomic E-state index is 0.199. The first kappa shape index (κ1) is 15.5. The van der Waals surface area contributed by atoms with E-state index in [2.05, 4.69) is 5.32 Å². The third-order valence-corrected chi connectivity index (χ3v) is 3.87. The number of carbonyl (C=O) groups excluding carboxylic acids is 1. The second-order valence-electron chi connectivity index (χ2n) is 5.36. The van der Waals surface area contributed by atoms with Gasteiger partial charge in [0.25, 0.3) is 0 Å². The van der Waals surface area contributed by atoms with Gasteiger partial charge in [-0.05, 0) is 22.8 Å². The van der Waals surface area contributed by atoms with Crippen molar-refractivity contribution in [2.45, 2.75) is 25.3 Å². The molecule has 0 heterocycles. The monoisotopic (exact) mass is 287 g/mol. The third kappa shape index (κ3) is 3.60. The zero-order valence-corrected chi connectivity index (χ0v) is 12.2. The van der Waals surface area contributed by atoms with Crippen LogP contribution in [0.1, 0.15) is 18.9 Å². The third-order valence-electron chi connectivity index (χ3n) is 3.87. The van der Waals surface area contributed by atoms with E-state index in [1.807, 2.05) is 49.4 Å². The molecule has 112 valence electrons. The number of hydrogen-bond acceptors (Lipinski definition) is 3. The van der Waals surface area contributed by atoms with Gasteiger partial charge in [0.15, 0.2) is 0 Å². The molecule has 0 aromatic heterocycles. The molecule has 0 radical (unpaired) electrons. The molecule has 21 heavy (non-hydrogen) atoms. The molecular weight excluding hydrogens is 266 g/mol. The van der Waals surface area contributed by atoms with E-state index in [1.165, 1.54) is 0 Å². The average molecular weight is 287 g/mol. The Morgan fingerprint density at radius 2 is 1.76 bits per heavy atom. The van der Waals surface area contributed by atoms with Crippen LogP contribution in [-0.4, -0.2) is 34.9 Å². The van der Waals surface area contributed by atoms with Crippen LogP contribution >= 0.6 is 0 Å². The maximum Gasteiger partial charge on any atom is 0.225 e. The number of rotatable bonds is 6. The van der Waals surface area contributed by atoms with Gasteiger partial charge in [-0.1, -0.05) is 49.4 Å². The van der Waals surface area contributed by atoms with Gasteiger partial charge in [0, 0.05) is 0 Å². The molecule has 0 aliphatic heterocycles. The van der Waals surface area contributed by atoms with Crippen LogP contribution in [0, 0.1) is 0 Å². The number of benzene rings is 2. The Morgan fingerprint density at radius 3 is 2.38 bits per heavy atom. The molecule has 0 unspecified atom stereocenters. The highest BCUT2D eigenvalue weighted by Crippen LogP contribution is 2.16. The number of aliphatic hydroxyl groups is 2. The Bertz CT molecular complexity index is 612. The molecule has 4 heteroatoms. The lowest BCUT2D eigenvalue weighted by atomic mass is 9.97. The van der Waals surface area contributed by atoms with Gasteiger partial charge in [0.05, 0.1) is 25.2 Å². The lowest BCUT2D eigenvalue weighted by molar-refractivity contribution is -0.123. The molecule has 3 N–H and O–H groups in total. The Kier molecular flexibility index (Phi) is 4.94. The fourth-order valence-electron chi connectivity index (χ4n) is 2.32. The van der Waals surface area contributed by atoms with Gasteiger partial charge in [0.2, 0.25) is 5.91 Å². The zero-order chi connectivity index (χ0) is 15.3. The second kappa shape index (κ2) is 6.70. The summed E-state index contributed by atoms with van der Waals surface area (Å²) in [5.74, 6) is -0.199. The van der Waals surface area contributed by atoms with E-state index >= 15 is 0 Å². The fourth-order valence-corrected chi connectivity index (χ4v) is 2.32. The van der Waals surface area contributed by atoms with Crippen molar-refractivity contribution in [1.82, 2.24) is 5.32 Å². The van der Waals surface area contributed by atoms with Crippen molar-refractivity contribution < 1.29 is 15.0 Å². The highest BCUT2D eigenvalue weighted by atomic mass is 16.3. The lowest BCUT2D eigenvalue weighted by Gasteiger charge is -2.29. The Labute approximate surface area is 124 Å². The molecule has 4 nitrogen and oxygen atoms in total.